The maximum atomic E-state index is 14.2. The van der Waals surface area contributed by atoms with E-state index in [-0.39, 0.29) is 16.5 Å². The van der Waals surface area contributed by atoms with Crippen LogP contribution in [0.1, 0.15) is 56.1 Å². The summed E-state index contributed by atoms with van der Waals surface area (Å²) in [6.45, 7) is 3.06. The van der Waals surface area contributed by atoms with Crippen molar-refractivity contribution in [3.8, 4) is 5.75 Å². The van der Waals surface area contributed by atoms with E-state index < -0.39 is 11.6 Å². The van der Waals surface area contributed by atoms with Crippen LogP contribution in [0.4, 0.5) is 8.78 Å². The third-order valence-electron chi connectivity index (χ3n) is 7.48. The van der Waals surface area contributed by atoms with E-state index in [4.69, 9.17) is 0 Å². The van der Waals surface area contributed by atoms with Gasteiger partial charge in [-0.25, -0.2) is 8.78 Å². The van der Waals surface area contributed by atoms with Crippen molar-refractivity contribution >= 4 is 27.5 Å². The number of aromatic nitrogens is 1. The van der Waals surface area contributed by atoms with Gasteiger partial charge in [0.15, 0.2) is 0 Å². The Morgan fingerprint density at radius 2 is 1.77 bits per heavy atom. The Balaban J connectivity index is 1.19. The molecule has 0 unspecified atom stereocenters. The Morgan fingerprint density at radius 3 is 2.54 bits per heavy atom. The molecule has 1 amide bonds. The van der Waals surface area contributed by atoms with Gasteiger partial charge in [-0.05, 0) is 55.5 Å². The summed E-state index contributed by atoms with van der Waals surface area (Å²) >= 11 is 1.09. The Kier molecular flexibility index (Phi) is 10.9. The molecular weight excluding hydrogens is 522 g/mol. The quantitative estimate of drug-likeness (QED) is 0.183. The van der Waals surface area contributed by atoms with Crippen molar-refractivity contribution in [2.45, 2.75) is 63.8 Å². The number of nitrogens with one attached hydrogen (secondary N) is 3. The van der Waals surface area contributed by atoms with E-state index in [2.05, 4.69) is 20.5 Å². The molecule has 10 heteroatoms. The molecule has 1 heterocycles. The third kappa shape index (κ3) is 8.58. The lowest BCUT2D eigenvalue weighted by Gasteiger charge is -2.31. The number of carbonyl (C=O) groups excluding carboxylic acids is 1. The summed E-state index contributed by atoms with van der Waals surface area (Å²) < 4.78 is 28.2. The number of fused-ring (bicyclic) bond motifs is 1. The number of hydrogen-bond donors (Lipinski definition) is 4. The lowest BCUT2D eigenvalue weighted by molar-refractivity contribution is -0.121. The number of phenolic OH excluding ortho intramolecular Hbond substituents is 1. The maximum absolute atomic E-state index is 14.2. The third-order valence-corrected chi connectivity index (χ3v) is 8.44. The second-order valence-electron chi connectivity index (χ2n) is 10.2. The number of carbonyl (C=O) groups is 1. The molecule has 0 radical (unpaired) electrons. The molecule has 4 N–H and O–H groups in total. The molecule has 2 aromatic carbocycles. The number of rotatable bonds is 13. The molecule has 0 atom stereocenters. The molecule has 0 bridgehead atoms. The van der Waals surface area contributed by atoms with E-state index in [1.54, 1.807) is 6.07 Å². The average molecular weight is 561 g/mol. The lowest BCUT2D eigenvalue weighted by atomic mass is 10.0. The van der Waals surface area contributed by atoms with Gasteiger partial charge >= 0.3 is 4.87 Å². The van der Waals surface area contributed by atoms with Crippen molar-refractivity contribution in [3.63, 3.8) is 0 Å². The molecule has 4 rings (SSSR count). The van der Waals surface area contributed by atoms with Crippen molar-refractivity contribution in [2.24, 2.45) is 0 Å². The van der Waals surface area contributed by atoms with E-state index in [1.807, 2.05) is 6.07 Å². The van der Waals surface area contributed by atoms with Crippen LogP contribution in [0.25, 0.3) is 10.2 Å². The number of halogens is 2. The number of phenols is 1. The first-order chi connectivity index (χ1) is 18.9. The lowest BCUT2D eigenvalue weighted by Crippen LogP contribution is -2.40. The smallest absolute Gasteiger partial charge is 0.305 e. The predicted molar refractivity (Wildman–Crippen MR) is 151 cm³/mol. The molecule has 0 spiro atoms. The van der Waals surface area contributed by atoms with Gasteiger partial charge in [-0.15, -0.1) is 0 Å². The first-order valence-electron chi connectivity index (χ1n) is 13.9. The zero-order valence-corrected chi connectivity index (χ0v) is 23.1. The SMILES string of the molecule is O=C(CCN(CCc1ccc(F)cc1F)C1CCCCCC1)NCCNCCc1ccc(O)c2[nH]c(=O)sc12. The van der Waals surface area contributed by atoms with Gasteiger partial charge in [0.25, 0.3) is 0 Å². The molecule has 1 aromatic heterocycles. The highest BCUT2D eigenvalue weighted by molar-refractivity contribution is 7.16. The summed E-state index contributed by atoms with van der Waals surface area (Å²) in [5, 5.41) is 16.2. The fourth-order valence-electron chi connectivity index (χ4n) is 5.33. The van der Waals surface area contributed by atoms with Crippen LogP contribution in [0, 0.1) is 11.6 Å². The van der Waals surface area contributed by atoms with Crippen molar-refractivity contribution in [2.75, 3.05) is 32.7 Å². The molecule has 0 saturated heterocycles. The van der Waals surface area contributed by atoms with Gasteiger partial charge in [0.2, 0.25) is 5.91 Å². The molecule has 1 aliphatic carbocycles. The summed E-state index contributed by atoms with van der Waals surface area (Å²) in [4.78, 5) is 29.0. The van der Waals surface area contributed by atoms with Crippen LogP contribution in [-0.4, -0.2) is 59.7 Å². The molecule has 1 aliphatic rings. The van der Waals surface area contributed by atoms with Crippen LogP contribution in [0.5, 0.6) is 5.75 Å². The number of hydrogen-bond acceptors (Lipinski definition) is 6. The van der Waals surface area contributed by atoms with Gasteiger partial charge in [0.1, 0.15) is 22.9 Å². The summed E-state index contributed by atoms with van der Waals surface area (Å²) in [6, 6.07) is 7.55. The minimum absolute atomic E-state index is 0.0132. The number of nitrogens with zero attached hydrogens (tertiary/aromatic N) is 1. The second-order valence-corrected chi connectivity index (χ2v) is 11.2. The summed E-state index contributed by atoms with van der Waals surface area (Å²) in [5.74, 6) is -1.02. The molecule has 1 fully saturated rings. The number of H-pyrrole nitrogens is 1. The highest BCUT2D eigenvalue weighted by Gasteiger charge is 2.21. The van der Waals surface area contributed by atoms with Crippen LogP contribution >= 0.6 is 11.3 Å². The normalized spacial score (nSPS) is 14.6. The van der Waals surface area contributed by atoms with Gasteiger partial charge in [-0.2, -0.15) is 0 Å². The number of benzene rings is 2. The van der Waals surface area contributed by atoms with Crippen LogP contribution in [0.15, 0.2) is 35.1 Å². The van der Waals surface area contributed by atoms with Crippen LogP contribution in [0.3, 0.4) is 0 Å². The van der Waals surface area contributed by atoms with E-state index in [0.717, 1.165) is 40.5 Å². The molecular formula is C29H38F2N4O3S. The fraction of sp³-hybridized carbons (Fsp3) is 0.517. The zero-order valence-electron chi connectivity index (χ0n) is 22.2. The first-order valence-corrected chi connectivity index (χ1v) is 14.7. The van der Waals surface area contributed by atoms with Crippen molar-refractivity contribution in [1.82, 2.24) is 20.5 Å². The number of thiazole rings is 1. The molecule has 39 heavy (non-hydrogen) atoms. The first kappa shape index (κ1) is 29.2. The second kappa shape index (κ2) is 14.5. The highest BCUT2D eigenvalue weighted by Crippen LogP contribution is 2.28. The maximum Gasteiger partial charge on any atom is 0.305 e. The topological polar surface area (TPSA) is 97.5 Å². The number of aromatic amines is 1. The molecule has 7 nitrogen and oxygen atoms in total. The molecule has 1 saturated carbocycles. The van der Waals surface area contributed by atoms with Crippen LogP contribution in [-0.2, 0) is 17.6 Å². The Morgan fingerprint density at radius 1 is 1.00 bits per heavy atom. The summed E-state index contributed by atoms with van der Waals surface area (Å²) in [7, 11) is 0. The average Bonchev–Trinajstić information content (AvgIpc) is 3.12. The van der Waals surface area contributed by atoms with E-state index in [9.17, 15) is 23.5 Å². The Labute approximate surface area is 231 Å². The molecule has 0 aliphatic heterocycles. The summed E-state index contributed by atoms with van der Waals surface area (Å²) in [6.07, 6.45) is 8.53. The fourth-order valence-corrected chi connectivity index (χ4v) is 6.23. The minimum Gasteiger partial charge on any atom is -0.506 e. The predicted octanol–water partition coefficient (Wildman–Crippen LogP) is 4.48. The van der Waals surface area contributed by atoms with Crippen molar-refractivity contribution in [1.29, 1.82) is 0 Å². The number of amides is 1. The standard InChI is InChI=1S/C29H38F2N4O3S/c30-22-9-7-20(24(31)19-22)12-17-35(23-5-3-1-2-4-6-23)18-13-26(37)33-16-15-32-14-11-21-8-10-25(36)27-28(21)39-29(38)34-27/h7-10,19,23,32,36H,1-6,11-18H2,(H,33,37)(H,34,38). The molecule has 212 valence electrons. The van der Waals surface area contributed by atoms with Crippen molar-refractivity contribution in [3.05, 3.63) is 62.8 Å². The summed E-state index contributed by atoms with van der Waals surface area (Å²) in [5.41, 5.74) is 1.97. The van der Waals surface area contributed by atoms with E-state index in [1.165, 1.54) is 37.8 Å². The Bertz CT molecular complexity index is 1290. The molecule has 3 aromatic rings. The van der Waals surface area contributed by atoms with Gasteiger partial charge in [0, 0.05) is 44.7 Å². The minimum atomic E-state index is -0.570. The van der Waals surface area contributed by atoms with Crippen molar-refractivity contribution < 1.29 is 18.7 Å². The van der Waals surface area contributed by atoms with Crippen LogP contribution in [0.2, 0.25) is 0 Å². The van der Waals surface area contributed by atoms with Crippen LogP contribution < -0.4 is 15.5 Å². The highest BCUT2D eigenvalue weighted by atomic mass is 32.1. The largest absolute Gasteiger partial charge is 0.506 e. The monoisotopic (exact) mass is 560 g/mol. The van der Waals surface area contributed by atoms with E-state index >= 15 is 0 Å². The van der Waals surface area contributed by atoms with Gasteiger partial charge in [0.05, 0.1) is 4.70 Å². The van der Waals surface area contributed by atoms with E-state index in [0.29, 0.717) is 69.1 Å². The number of aromatic hydroxyl groups is 1. The van der Waals surface area contributed by atoms with Gasteiger partial charge in [-0.1, -0.05) is 49.2 Å². The van der Waals surface area contributed by atoms with Gasteiger partial charge in [-0.3, -0.25) is 14.5 Å². The van der Waals surface area contributed by atoms with Gasteiger partial charge < -0.3 is 20.7 Å². The zero-order chi connectivity index (χ0) is 27.6. The Hall–Kier alpha value is -2.82.